The van der Waals surface area contributed by atoms with Gasteiger partial charge < -0.3 is 15.0 Å². The van der Waals surface area contributed by atoms with E-state index in [4.69, 9.17) is 4.74 Å². The first-order valence-corrected chi connectivity index (χ1v) is 16.3. The molecule has 2 amide bonds. The number of aryl methyl sites for hydroxylation is 1. The maximum absolute atomic E-state index is 13.9. The molecule has 2 heterocycles. The summed E-state index contributed by atoms with van der Waals surface area (Å²) in [6, 6.07) is 20.8. The van der Waals surface area contributed by atoms with Crippen LogP contribution in [0.3, 0.4) is 0 Å². The molecular weight excluding hydrogens is 569 g/mol. The van der Waals surface area contributed by atoms with Crippen LogP contribution in [0.1, 0.15) is 54.8 Å². The number of benzene rings is 3. The van der Waals surface area contributed by atoms with E-state index < -0.39 is 16.1 Å². The number of carbonyl (C=O) groups is 2. The number of nitrogens with one attached hydrogen (secondary N) is 1. The van der Waals surface area contributed by atoms with Gasteiger partial charge in [-0.2, -0.15) is 4.31 Å². The summed E-state index contributed by atoms with van der Waals surface area (Å²) < 4.78 is 46.7. The van der Waals surface area contributed by atoms with Gasteiger partial charge in [0, 0.05) is 39.2 Å². The second-order valence-corrected chi connectivity index (χ2v) is 13.0. The fraction of sp³-hybridized carbons (Fsp3) is 0.394. The van der Waals surface area contributed by atoms with Crippen molar-refractivity contribution < 1.29 is 27.1 Å². The lowest BCUT2D eigenvalue weighted by Crippen LogP contribution is -2.45. The monoisotopic (exact) mass is 607 g/mol. The van der Waals surface area contributed by atoms with E-state index in [2.05, 4.69) is 5.32 Å². The summed E-state index contributed by atoms with van der Waals surface area (Å²) >= 11 is 0. The van der Waals surface area contributed by atoms with E-state index >= 15 is 0 Å². The van der Waals surface area contributed by atoms with Crippen LogP contribution in [0.25, 0.3) is 0 Å². The molecule has 0 aromatic heterocycles. The summed E-state index contributed by atoms with van der Waals surface area (Å²) in [6.07, 6.45) is 3.95. The fourth-order valence-electron chi connectivity index (χ4n) is 5.64. The number of amides is 2. The molecule has 0 spiro atoms. The Bertz CT molecular complexity index is 1470. The number of ether oxygens (including phenoxy) is 1. The quantitative estimate of drug-likeness (QED) is 0.325. The zero-order chi connectivity index (χ0) is 30.2. The van der Waals surface area contributed by atoms with Crippen molar-refractivity contribution in [1.29, 1.82) is 0 Å². The van der Waals surface area contributed by atoms with Crippen molar-refractivity contribution in [1.82, 2.24) is 14.5 Å². The molecule has 0 radical (unpaired) electrons. The van der Waals surface area contributed by atoms with E-state index in [0.717, 1.165) is 31.2 Å². The molecule has 2 atom stereocenters. The highest BCUT2D eigenvalue weighted by Crippen LogP contribution is 2.26. The number of rotatable bonds is 12. The van der Waals surface area contributed by atoms with E-state index in [1.807, 2.05) is 30.3 Å². The van der Waals surface area contributed by atoms with Crippen molar-refractivity contribution in [2.75, 3.05) is 26.2 Å². The molecule has 0 saturated carbocycles. The van der Waals surface area contributed by atoms with Crippen LogP contribution in [-0.2, 0) is 37.3 Å². The van der Waals surface area contributed by atoms with Crippen molar-refractivity contribution >= 4 is 21.8 Å². The molecule has 2 aliphatic heterocycles. The number of hydrogen-bond donors (Lipinski definition) is 1. The number of halogens is 1. The third kappa shape index (κ3) is 7.87. The van der Waals surface area contributed by atoms with Gasteiger partial charge in [0.1, 0.15) is 11.9 Å². The van der Waals surface area contributed by atoms with Gasteiger partial charge in [0.05, 0.1) is 11.0 Å². The van der Waals surface area contributed by atoms with E-state index in [1.165, 1.54) is 16.4 Å². The van der Waals surface area contributed by atoms with Gasteiger partial charge in [0.25, 0.3) is 0 Å². The minimum Gasteiger partial charge on any atom is -0.376 e. The molecule has 10 heteroatoms. The van der Waals surface area contributed by atoms with Crippen LogP contribution in [-0.4, -0.2) is 61.8 Å². The van der Waals surface area contributed by atoms with Crippen molar-refractivity contribution in [3.8, 4) is 0 Å². The van der Waals surface area contributed by atoms with Gasteiger partial charge in [0.2, 0.25) is 21.8 Å². The predicted octanol–water partition coefficient (Wildman–Crippen LogP) is 4.61. The second-order valence-electron chi connectivity index (χ2n) is 11.1. The molecule has 0 unspecified atom stereocenters. The largest absolute Gasteiger partial charge is 0.376 e. The summed E-state index contributed by atoms with van der Waals surface area (Å²) in [7, 11) is -3.52. The molecule has 5 rings (SSSR count). The molecule has 2 fully saturated rings. The van der Waals surface area contributed by atoms with Crippen LogP contribution < -0.4 is 5.32 Å². The van der Waals surface area contributed by atoms with Crippen molar-refractivity contribution in [3.05, 3.63) is 101 Å². The van der Waals surface area contributed by atoms with Gasteiger partial charge in [-0.05, 0) is 73.1 Å². The Hall–Kier alpha value is -3.60. The maximum atomic E-state index is 13.9. The Morgan fingerprint density at radius 3 is 2.26 bits per heavy atom. The summed E-state index contributed by atoms with van der Waals surface area (Å²) in [6.45, 7) is 2.20. The van der Waals surface area contributed by atoms with Gasteiger partial charge in [-0.25, -0.2) is 12.8 Å². The SMILES string of the molecule is O=C(NC[C@H]1CCCO1)[C@@H](c1ccccc1)N(Cc1ccc(F)cc1)C(=O)CCc1ccc(S(=O)(=O)N2CCCC2)cc1. The maximum Gasteiger partial charge on any atom is 0.247 e. The molecule has 2 aliphatic rings. The lowest BCUT2D eigenvalue weighted by Gasteiger charge is -2.32. The van der Waals surface area contributed by atoms with E-state index in [-0.39, 0.29) is 41.6 Å². The highest BCUT2D eigenvalue weighted by molar-refractivity contribution is 7.89. The number of sulfonamides is 1. The zero-order valence-electron chi connectivity index (χ0n) is 24.2. The normalized spacial score (nSPS) is 17.9. The topological polar surface area (TPSA) is 96.0 Å². The Kier molecular flexibility index (Phi) is 10.2. The number of carbonyl (C=O) groups excluding carboxylic acids is 2. The van der Waals surface area contributed by atoms with Crippen molar-refractivity contribution in [2.45, 2.75) is 62.1 Å². The fourth-order valence-corrected chi connectivity index (χ4v) is 7.15. The van der Waals surface area contributed by atoms with E-state index in [9.17, 15) is 22.4 Å². The number of nitrogens with zero attached hydrogens (tertiary/aromatic N) is 2. The average Bonchev–Trinajstić information content (AvgIpc) is 3.76. The van der Waals surface area contributed by atoms with Crippen molar-refractivity contribution in [2.24, 2.45) is 0 Å². The van der Waals surface area contributed by atoms with Crippen molar-refractivity contribution in [3.63, 3.8) is 0 Å². The van der Waals surface area contributed by atoms with Gasteiger partial charge in [-0.1, -0.05) is 54.6 Å². The van der Waals surface area contributed by atoms with Crippen LogP contribution >= 0.6 is 0 Å². The second kappa shape index (κ2) is 14.2. The smallest absolute Gasteiger partial charge is 0.247 e. The molecule has 3 aromatic rings. The highest BCUT2D eigenvalue weighted by atomic mass is 32.2. The summed E-state index contributed by atoms with van der Waals surface area (Å²) in [5.41, 5.74) is 2.17. The van der Waals surface area contributed by atoms with E-state index in [1.54, 1.807) is 41.3 Å². The standard InChI is InChI=1S/C33H38FN3O5S/c34-28-15-10-26(11-16-28)24-37(32(27-7-2-1-3-8-27)33(39)35-23-29-9-6-22-42-29)31(38)19-14-25-12-17-30(18-13-25)43(40,41)36-20-4-5-21-36/h1-3,7-8,10-13,15-18,29,32H,4-6,9,14,19-24H2,(H,35,39)/t29-,32-/m1/s1. The Balaban J connectivity index is 1.35. The number of hydrogen-bond acceptors (Lipinski definition) is 5. The van der Waals surface area contributed by atoms with Gasteiger partial charge in [-0.15, -0.1) is 0 Å². The van der Waals surface area contributed by atoms with Crippen LogP contribution in [0.5, 0.6) is 0 Å². The first-order chi connectivity index (χ1) is 20.8. The third-order valence-corrected chi connectivity index (χ3v) is 9.96. The minimum absolute atomic E-state index is 0.0566. The minimum atomic E-state index is -3.52. The lowest BCUT2D eigenvalue weighted by molar-refractivity contribution is -0.141. The van der Waals surface area contributed by atoms with Gasteiger partial charge in [-0.3, -0.25) is 9.59 Å². The first-order valence-electron chi connectivity index (χ1n) is 14.9. The zero-order valence-corrected chi connectivity index (χ0v) is 25.0. The predicted molar refractivity (Wildman–Crippen MR) is 161 cm³/mol. The van der Waals surface area contributed by atoms with Gasteiger partial charge in [0.15, 0.2) is 0 Å². The first kappa shape index (κ1) is 30.8. The van der Waals surface area contributed by atoms with Crippen LogP contribution in [0.2, 0.25) is 0 Å². The molecule has 43 heavy (non-hydrogen) atoms. The third-order valence-electron chi connectivity index (χ3n) is 8.04. The highest BCUT2D eigenvalue weighted by Gasteiger charge is 2.32. The molecule has 2 saturated heterocycles. The molecule has 1 N–H and O–H groups in total. The molecule has 8 nitrogen and oxygen atoms in total. The van der Waals surface area contributed by atoms with Gasteiger partial charge >= 0.3 is 0 Å². The van der Waals surface area contributed by atoms with Crippen LogP contribution in [0, 0.1) is 5.82 Å². The molecular formula is C33H38FN3O5S. The molecule has 3 aromatic carbocycles. The average molecular weight is 608 g/mol. The molecule has 0 aliphatic carbocycles. The Labute approximate surface area is 252 Å². The summed E-state index contributed by atoms with van der Waals surface area (Å²) in [4.78, 5) is 29.4. The Morgan fingerprint density at radius 2 is 1.60 bits per heavy atom. The van der Waals surface area contributed by atoms with Crippen LogP contribution in [0.4, 0.5) is 4.39 Å². The Morgan fingerprint density at radius 1 is 0.930 bits per heavy atom. The van der Waals surface area contributed by atoms with E-state index in [0.29, 0.717) is 43.8 Å². The summed E-state index contributed by atoms with van der Waals surface area (Å²) in [5, 5.41) is 2.99. The summed E-state index contributed by atoms with van der Waals surface area (Å²) in [5.74, 6) is -0.946. The molecule has 0 bridgehead atoms. The molecule has 228 valence electrons. The lowest BCUT2D eigenvalue weighted by atomic mass is 10.0. The van der Waals surface area contributed by atoms with Crippen LogP contribution in [0.15, 0.2) is 83.8 Å².